The first-order valence-electron chi connectivity index (χ1n) is 8.43. The molecule has 0 aliphatic rings. The quantitative estimate of drug-likeness (QED) is 0.570. The van der Waals surface area contributed by atoms with E-state index in [1.807, 2.05) is 6.07 Å². The second kappa shape index (κ2) is 9.01. The minimum Gasteiger partial charge on any atom is -0.495 e. The van der Waals surface area contributed by atoms with Crippen molar-refractivity contribution in [3.63, 3.8) is 0 Å². The fourth-order valence-electron chi connectivity index (χ4n) is 2.34. The van der Waals surface area contributed by atoms with E-state index in [0.29, 0.717) is 40.4 Å². The maximum absolute atomic E-state index is 11.7. The number of aromatic nitrogens is 3. The van der Waals surface area contributed by atoms with Crippen molar-refractivity contribution in [2.45, 2.75) is 6.92 Å². The monoisotopic (exact) mass is 399 g/mol. The van der Waals surface area contributed by atoms with Crippen molar-refractivity contribution in [3.05, 3.63) is 59.2 Å². The fraction of sp³-hybridized carbons (Fsp3) is 0.158. The molecule has 0 amide bonds. The maximum Gasteiger partial charge on any atom is 0.338 e. The zero-order valence-corrected chi connectivity index (χ0v) is 16.0. The van der Waals surface area contributed by atoms with Crippen LogP contribution in [0, 0.1) is 0 Å². The van der Waals surface area contributed by atoms with Gasteiger partial charge in [-0.2, -0.15) is 10.1 Å². The van der Waals surface area contributed by atoms with E-state index in [1.165, 1.54) is 6.20 Å². The summed E-state index contributed by atoms with van der Waals surface area (Å²) in [6.07, 6.45) is 1.49. The summed E-state index contributed by atoms with van der Waals surface area (Å²) in [7, 11) is 1.56. The van der Waals surface area contributed by atoms with Crippen molar-refractivity contribution >= 4 is 40.7 Å². The molecule has 2 N–H and O–H groups in total. The summed E-state index contributed by atoms with van der Waals surface area (Å²) < 4.78 is 10.1. The zero-order chi connectivity index (χ0) is 19.9. The van der Waals surface area contributed by atoms with Gasteiger partial charge in [0, 0.05) is 11.4 Å². The molecule has 0 spiro atoms. The molecule has 28 heavy (non-hydrogen) atoms. The van der Waals surface area contributed by atoms with Gasteiger partial charge in [0.1, 0.15) is 5.75 Å². The standard InChI is InChI=1S/C19H18ClN5O3/c1-3-28-18(26)12-4-6-13(7-5-12)23-19-24-17(11-21-25-19)22-14-8-9-16(27-2)15(20)10-14/h4-11H,3H2,1-2H3,(H2,22,23,24,25). The molecule has 0 unspecified atom stereocenters. The van der Waals surface area contributed by atoms with Gasteiger partial charge in [-0.15, -0.1) is 5.10 Å². The van der Waals surface area contributed by atoms with Crippen LogP contribution < -0.4 is 15.4 Å². The molecule has 144 valence electrons. The Morgan fingerprint density at radius 1 is 1.11 bits per heavy atom. The van der Waals surface area contributed by atoms with Crippen LogP contribution in [0.5, 0.6) is 5.75 Å². The second-order valence-electron chi connectivity index (χ2n) is 5.56. The van der Waals surface area contributed by atoms with E-state index in [4.69, 9.17) is 21.1 Å². The van der Waals surface area contributed by atoms with E-state index in [2.05, 4.69) is 25.8 Å². The molecule has 0 radical (unpaired) electrons. The summed E-state index contributed by atoms with van der Waals surface area (Å²) >= 11 is 6.13. The number of halogens is 1. The lowest BCUT2D eigenvalue weighted by Crippen LogP contribution is -2.05. The van der Waals surface area contributed by atoms with Crippen LogP contribution in [-0.2, 0) is 4.74 Å². The molecule has 0 bridgehead atoms. The largest absolute Gasteiger partial charge is 0.495 e. The average molecular weight is 400 g/mol. The Hall–Kier alpha value is -3.39. The molecule has 0 saturated heterocycles. The van der Waals surface area contributed by atoms with Gasteiger partial charge in [-0.3, -0.25) is 0 Å². The highest BCUT2D eigenvalue weighted by Gasteiger charge is 2.07. The number of benzene rings is 2. The van der Waals surface area contributed by atoms with Crippen LogP contribution in [-0.4, -0.2) is 34.9 Å². The summed E-state index contributed by atoms with van der Waals surface area (Å²) in [6.45, 7) is 2.09. The normalized spacial score (nSPS) is 10.2. The number of carbonyl (C=O) groups excluding carboxylic acids is 1. The van der Waals surface area contributed by atoms with E-state index in [1.54, 1.807) is 50.4 Å². The van der Waals surface area contributed by atoms with E-state index in [-0.39, 0.29) is 5.97 Å². The molecule has 2 aromatic carbocycles. The summed E-state index contributed by atoms with van der Waals surface area (Å²) in [5.41, 5.74) is 1.91. The fourth-order valence-corrected chi connectivity index (χ4v) is 2.60. The van der Waals surface area contributed by atoms with E-state index in [0.717, 1.165) is 5.69 Å². The van der Waals surface area contributed by atoms with Gasteiger partial charge in [0.15, 0.2) is 5.82 Å². The third kappa shape index (κ3) is 4.86. The molecule has 1 heterocycles. The van der Waals surface area contributed by atoms with Gasteiger partial charge in [0.05, 0.1) is 30.5 Å². The molecular formula is C19H18ClN5O3. The first-order valence-corrected chi connectivity index (χ1v) is 8.81. The number of esters is 1. The van der Waals surface area contributed by atoms with Crippen LogP contribution in [0.25, 0.3) is 0 Å². The molecule has 0 aliphatic carbocycles. The third-order valence-electron chi connectivity index (χ3n) is 3.64. The summed E-state index contributed by atoms with van der Waals surface area (Å²) in [4.78, 5) is 16.1. The maximum atomic E-state index is 11.7. The number of nitrogens with one attached hydrogen (secondary N) is 2. The van der Waals surface area contributed by atoms with Gasteiger partial charge in [-0.1, -0.05) is 11.6 Å². The average Bonchev–Trinajstić information content (AvgIpc) is 2.69. The van der Waals surface area contributed by atoms with Crippen LogP contribution in [0.15, 0.2) is 48.7 Å². The van der Waals surface area contributed by atoms with Crippen molar-refractivity contribution in [1.82, 2.24) is 15.2 Å². The van der Waals surface area contributed by atoms with Crippen molar-refractivity contribution in [2.24, 2.45) is 0 Å². The first kappa shape index (κ1) is 19.4. The lowest BCUT2D eigenvalue weighted by atomic mass is 10.2. The predicted molar refractivity (Wildman–Crippen MR) is 107 cm³/mol. The Kier molecular flexibility index (Phi) is 6.23. The smallest absolute Gasteiger partial charge is 0.338 e. The van der Waals surface area contributed by atoms with Gasteiger partial charge in [0.25, 0.3) is 0 Å². The summed E-state index contributed by atoms with van der Waals surface area (Å²) in [6, 6.07) is 12.1. The Morgan fingerprint density at radius 3 is 2.54 bits per heavy atom. The summed E-state index contributed by atoms with van der Waals surface area (Å²) in [5, 5.41) is 14.5. The number of carbonyl (C=O) groups is 1. The predicted octanol–water partition coefficient (Wildman–Crippen LogP) is 4.20. The molecule has 3 aromatic rings. The highest BCUT2D eigenvalue weighted by atomic mass is 35.5. The van der Waals surface area contributed by atoms with E-state index in [9.17, 15) is 4.79 Å². The lowest BCUT2D eigenvalue weighted by molar-refractivity contribution is 0.0526. The summed E-state index contributed by atoms with van der Waals surface area (Å²) in [5.74, 6) is 1.01. The molecule has 0 saturated carbocycles. The van der Waals surface area contributed by atoms with Gasteiger partial charge < -0.3 is 20.1 Å². The second-order valence-corrected chi connectivity index (χ2v) is 5.97. The van der Waals surface area contributed by atoms with Gasteiger partial charge in [-0.05, 0) is 49.4 Å². The van der Waals surface area contributed by atoms with Crippen molar-refractivity contribution < 1.29 is 14.3 Å². The molecule has 0 aliphatic heterocycles. The number of rotatable bonds is 7. The number of ether oxygens (including phenoxy) is 2. The third-order valence-corrected chi connectivity index (χ3v) is 3.93. The first-order chi connectivity index (χ1) is 13.6. The number of nitrogens with zero attached hydrogens (tertiary/aromatic N) is 3. The molecule has 8 nitrogen and oxygen atoms in total. The molecule has 9 heteroatoms. The lowest BCUT2D eigenvalue weighted by Gasteiger charge is -2.09. The van der Waals surface area contributed by atoms with Crippen LogP contribution in [0.1, 0.15) is 17.3 Å². The Balaban J connectivity index is 1.69. The highest BCUT2D eigenvalue weighted by Crippen LogP contribution is 2.28. The number of hydrogen-bond acceptors (Lipinski definition) is 8. The van der Waals surface area contributed by atoms with Gasteiger partial charge >= 0.3 is 5.97 Å². The molecule has 3 rings (SSSR count). The molecular weight excluding hydrogens is 382 g/mol. The Morgan fingerprint density at radius 2 is 1.86 bits per heavy atom. The topological polar surface area (TPSA) is 98.3 Å². The minimum absolute atomic E-state index is 0.300. The van der Waals surface area contributed by atoms with Crippen LogP contribution in [0.4, 0.5) is 23.1 Å². The van der Waals surface area contributed by atoms with Crippen LogP contribution >= 0.6 is 11.6 Å². The molecule has 0 atom stereocenters. The van der Waals surface area contributed by atoms with E-state index >= 15 is 0 Å². The molecule has 1 aromatic heterocycles. The van der Waals surface area contributed by atoms with Crippen LogP contribution in [0.3, 0.4) is 0 Å². The van der Waals surface area contributed by atoms with Gasteiger partial charge in [0.2, 0.25) is 5.95 Å². The number of anilines is 4. The van der Waals surface area contributed by atoms with E-state index < -0.39 is 0 Å². The number of hydrogen-bond donors (Lipinski definition) is 2. The number of methoxy groups -OCH3 is 1. The van der Waals surface area contributed by atoms with Crippen molar-refractivity contribution in [2.75, 3.05) is 24.4 Å². The minimum atomic E-state index is -0.365. The Bertz CT molecular complexity index is 966. The van der Waals surface area contributed by atoms with Gasteiger partial charge in [-0.25, -0.2) is 4.79 Å². The van der Waals surface area contributed by atoms with Crippen LogP contribution in [0.2, 0.25) is 5.02 Å². The van der Waals surface area contributed by atoms with Crippen molar-refractivity contribution in [1.29, 1.82) is 0 Å². The zero-order valence-electron chi connectivity index (χ0n) is 15.3. The Labute approximate surface area is 166 Å². The molecule has 0 fully saturated rings. The SMILES string of the molecule is CCOC(=O)c1ccc(Nc2nncc(Nc3ccc(OC)c(Cl)c3)n2)cc1. The highest BCUT2D eigenvalue weighted by molar-refractivity contribution is 6.32. The van der Waals surface area contributed by atoms with Crippen molar-refractivity contribution in [3.8, 4) is 5.75 Å².